The van der Waals surface area contributed by atoms with Crippen LogP contribution >= 0.6 is 22.6 Å². The molecule has 12 heteroatoms. The molecule has 0 radical (unpaired) electrons. The van der Waals surface area contributed by atoms with Gasteiger partial charge in [-0.1, -0.05) is 0 Å². The minimum Gasteiger partial charge on any atom is -0.352 e. The van der Waals surface area contributed by atoms with Crippen LogP contribution in [0.4, 0.5) is 32.3 Å². The predicted molar refractivity (Wildman–Crippen MR) is 99.0 cm³/mol. The molecule has 156 valence electrons. The standard InChI is InChI=1S/C17H13F6IN4O/c18-10-1-2-12(24)11(5-10)14(29)28-4-3-16(19,20)13(28)8-27-15-25-6-9(7-26-15)17(21,22)23/h1-2,5-7,13H,3-4,8H2,(H,25,26,27)/t13-/m1/s1. The highest BCUT2D eigenvalue weighted by Crippen LogP contribution is 2.35. The molecule has 5 nitrogen and oxygen atoms in total. The van der Waals surface area contributed by atoms with Crippen molar-refractivity contribution in [1.82, 2.24) is 14.9 Å². The zero-order chi connectivity index (χ0) is 21.4. The Morgan fingerprint density at radius 2 is 1.93 bits per heavy atom. The lowest BCUT2D eigenvalue weighted by molar-refractivity contribution is -0.138. The molecule has 29 heavy (non-hydrogen) atoms. The first-order valence-corrected chi connectivity index (χ1v) is 9.34. The summed E-state index contributed by atoms with van der Waals surface area (Å²) in [5, 5.41) is 2.44. The van der Waals surface area contributed by atoms with Crippen molar-refractivity contribution in [3.05, 3.63) is 51.1 Å². The van der Waals surface area contributed by atoms with Gasteiger partial charge in [0.05, 0.1) is 11.1 Å². The van der Waals surface area contributed by atoms with Crippen LogP contribution < -0.4 is 5.32 Å². The van der Waals surface area contributed by atoms with Crippen molar-refractivity contribution >= 4 is 34.4 Å². The number of anilines is 1. The highest BCUT2D eigenvalue weighted by atomic mass is 127. The SMILES string of the molecule is O=C(c1cc(F)ccc1I)N1CCC(F)(F)[C@H]1CNc1ncc(C(F)(F)F)cn1. The quantitative estimate of drug-likeness (QED) is 0.476. The van der Waals surface area contributed by atoms with E-state index in [0.29, 0.717) is 16.0 Å². The number of carbonyl (C=O) groups excluding carboxylic acids is 1. The fourth-order valence-electron chi connectivity index (χ4n) is 2.89. The summed E-state index contributed by atoms with van der Waals surface area (Å²) in [7, 11) is 0. The van der Waals surface area contributed by atoms with Crippen molar-refractivity contribution < 1.29 is 31.1 Å². The third-order valence-electron chi connectivity index (χ3n) is 4.40. The molecule has 1 aromatic heterocycles. The number of carbonyl (C=O) groups is 1. The summed E-state index contributed by atoms with van der Waals surface area (Å²) in [6.45, 7) is -0.741. The van der Waals surface area contributed by atoms with Crippen molar-refractivity contribution in [2.45, 2.75) is 24.6 Å². The molecule has 1 aliphatic heterocycles. The zero-order valence-corrected chi connectivity index (χ0v) is 16.6. The van der Waals surface area contributed by atoms with Crippen molar-refractivity contribution in [2.75, 3.05) is 18.4 Å². The second-order valence-corrected chi connectivity index (χ2v) is 7.49. The highest BCUT2D eigenvalue weighted by molar-refractivity contribution is 14.1. The van der Waals surface area contributed by atoms with Crippen LogP contribution in [-0.4, -0.2) is 45.8 Å². The Hall–Kier alpha value is -2.12. The Kier molecular flexibility index (Phi) is 5.92. The molecule has 0 aliphatic carbocycles. The molecular formula is C17H13F6IN4O. The molecule has 0 bridgehead atoms. The van der Waals surface area contributed by atoms with Crippen LogP contribution in [-0.2, 0) is 6.18 Å². The first-order chi connectivity index (χ1) is 13.5. The van der Waals surface area contributed by atoms with Crippen LogP contribution in [0.15, 0.2) is 30.6 Å². The molecule has 3 rings (SSSR count). The smallest absolute Gasteiger partial charge is 0.352 e. The summed E-state index contributed by atoms with van der Waals surface area (Å²) in [6, 6.07) is 1.89. The number of rotatable bonds is 4. The Morgan fingerprint density at radius 1 is 1.28 bits per heavy atom. The highest BCUT2D eigenvalue weighted by Gasteiger charge is 2.50. The van der Waals surface area contributed by atoms with E-state index >= 15 is 0 Å². The van der Waals surface area contributed by atoms with Crippen molar-refractivity contribution in [3.63, 3.8) is 0 Å². The average Bonchev–Trinajstić information content (AvgIpc) is 2.95. The number of nitrogens with one attached hydrogen (secondary N) is 1. The molecular weight excluding hydrogens is 517 g/mol. The second kappa shape index (κ2) is 7.95. The van der Waals surface area contributed by atoms with Crippen LogP contribution in [0.3, 0.4) is 0 Å². The number of nitrogens with zero attached hydrogens (tertiary/aromatic N) is 3. The van der Waals surface area contributed by atoms with E-state index in [1.54, 1.807) is 22.6 Å². The normalized spacial score (nSPS) is 18.7. The lowest BCUT2D eigenvalue weighted by Gasteiger charge is -2.28. The molecule has 2 aromatic rings. The minimum absolute atomic E-state index is 0.0425. The lowest BCUT2D eigenvalue weighted by Crippen LogP contribution is -2.47. The van der Waals surface area contributed by atoms with Gasteiger partial charge in [0.15, 0.2) is 0 Å². The van der Waals surface area contributed by atoms with E-state index in [4.69, 9.17) is 0 Å². The van der Waals surface area contributed by atoms with Crippen LogP contribution in [0.1, 0.15) is 22.3 Å². The molecule has 0 spiro atoms. The number of alkyl halides is 5. The van der Waals surface area contributed by atoms with Gasteiger partial charge in [0.1, 0.15) is 11.9 Å². The van der Waals surface area contributed by atoms with E-state index in [2.05, 4.69) is 15.3 Å². The molecule has 1 saturated heterocycles. The van der Waals surface area contributed by atoms with Gasteiger partial charge < -0.3 is 10.2 Å². The Bertz CT molecular complexity index is 906. The van der Waals surface area contributed by atoms with E-state index in [9.17, 15) is 31.1 Å². The maximum atomic E-state index is 14.3. The topological polar surface area (TPSA) is 58.1 Å². The first kappa shape index (κ1) is 21.6. The molecule has 0 unspecified atom stereocenters. The van der Waals surface area contributed by atoms with Gasteiger partial charge in [0, 0.05) is 35.5 Å². The monoisotopic (exact) mass is 530 g/mol. The summed E-state index contributed by atoms with van der Waals surface area (Å²) < 4.78 is 80.2. The van der Waals surface area contributed by atoms with Gasteiger partial charge in [0.2, 0.25) is 5.95 Å². The summed E-state index contributed by atoms with van der Waals surface area (Å²) in [5.74, 6) is -4.96. The molecule has 0 saturated carbocycles. The molecule has 2 heterocycles. The van der Waals surface area contributed by atoms with Crippen LogP contribution in [0.2, 0.25) is 0 Å². The molecule has 1 amide bonds. The average molecular weight is 530 g/mol. The van der Waals surface area contributed by atoms with Gasteiger partial charge in [0.25, 0.3) is 11.8 Å². The number of aromatic nitrogens is 2. The molecule has 1 aliphatic rings. The predicted octanol–water partition coefficient (Wildman–Crippen LogP) is 4.20. The number of hydrogen-bond donors (Lipinski definition) is 1. The maximum absolute atomic E-state index is 14.3. The molecule has 1 atom stereocenters. The van der Waals surface area contributed by atoms with E-state index in [0.717, 1.165) is 17.0 Å². The summed E-state index contributed by atoms with van der Waals surface area (Å²) >= 11 is 1.81. The second-order valence-electron chi connectivity index (χ2n) is 6.32. The Morgan fingerprint density at radius 3 is 2.55 bits per heavy atom. The fraction of sp³-hybridized carbons (Fsp3) is 0.353. The Labute approximate surface area is 174 Å². The van der Waals surface area contributed by atoms with Crippen LogP contribution in [0.5, 0.6) is 0 Å². The van der Waals surface area contributed by atoms with E-state index in [-0.39, 0.29) is 18.1 Å². The zero-order valence-electron chi connectivity index (χ0n) is 14.5. The third-order valence-corrected chi connectivity index (χ3v) is 5.34. The van der Waals surface area contributed by atoms with Gasteiger partial charge in [-0.25, -0.2) is 23.1 Å². The number of hydrogen-bond acceptors (Lipinski definition) is 4. The van der Waals surface area contributed by atoms with E-state index in [1.165, 1.54) is 6.07 Å². The first-order valence-electron chi connectivity index (χ1n) is 8.26. The summed E-state index contributed by atoms with van der Waals surface area (Å²) in [6.07, 6.45) is -4.16. The molecule has 1 N–H and O–H groups in total. The van der Waals surface area contributed by atoms with Gasteiger partial charge in [-0.15, -0.1) is 0 Å². The van der Waals surface area contributed by atoms with E-state index < -0.39 is 48.4 Å². The molecule has 1 aromatic carbocycles. The van der Waals surface area contributed by atoms with Crippen LogP contribution in [0.25, 0.3) is 0 Å². The number of likely N-dealkylation sites (tertiary alicyclic amines) is 1. The maximum Gasteiger partial charge on any atom is 0.419 e. The minimum atomic E-state index is -4.62. The number of amides is 1. The fourth-order valence-corrected chi connectivity index (χ4v) is 3.46. The van der Waals surface area contributed by atoms with Crippen LogP contribution in [0, 0.1) is 9.39 Å². The summed E-state index contributed by atoms with van der Waals surface area (Å²) in [5.41, 5.74) is -1.12. The van der Waals surface area contributed by atoms with Gasteiger partial charge in [-0.2, -0.15) is 13.2 Å². The lowest BCUT2D eigenvalue weighted by atomic mass is 10.1. The number of halogens is 7. The summed E-state index contributed by atoms with van der Waals surface area (Å²) in [4.78, 5) is 20.6. The van der Waals surface area contributed by atoms with Gasteiger partial charge >= 0.3 is 6.18 Å². The van der Waals surface area contributed by atoms with Gasteiger partial charge in [-0.3, -0.25) is 4.79 Å². The largest absolute Gasteiger partial charge is 0.419 e. The van der Waals surface area contributed by atoms with Gasteiger partial charge in [-0.05, 0) is 40.8 Å². The van der Waals surface area contributed by atoms with E-state index in [1.807, 2.05) is 0 Å². The van der Waals surface area contributed by atoms with Crippen molar-refractivity contribution in [3.8, 4) is 0 Å². The van der Waals surface area contributed by atoms with Crippen molar-refractivity contribution in [1.29, 1.82) is 0 Å². The third kappa shape index (κ3) is 4.73. The number of benzene rings is 1. The Balaban J connectivity index is 1.77. The molecule has 1 fully saturated rings. The van der Waals surface area contributed by atoms with Crippen molar-refractivity contribution in [2.24, 2.45) is 0 Å².